The number of aromatic nitrogens is 1. The van der Waals surface area contributed by atoms with E-state index in [0.717, 1.165) is 0 Å². The van der Waals surface area contributed by atoms with Crippen LogP contribution in [0.3, 0.4) is 0 Å². The van der Waals surface area contributed by atoms with E-state index in [1.165, 1.54) is 0 Å². The second kappa shape index (κ2) is 4.06. The number of nitrogens with one attached hydrogen (secondary N) is 1. The average molecular weight is 151 g/mol. The minimum atomic E-state index is 0. The SMILES string of the molecule is Oc1ccc[nH]c1=S.[H-].[Na+]. The van der Waals surface area contributed by atoms with Crippen molar-refractivity contribution in [3.8, 4) is 5.75 Å². The molecule has 0 aliphatic rings. The third-order valence-electron chi connectivity index (χ3n) is 0.797. The van der Waals surface area contributed by atoms with Gasteiger partial charge in [-0.15, -0.1) is 0 Å². The van der Waals surface area contributed by atoms with Crippen LogP contribution in [0.25, 0.3) is 0 Å². The van der Waals surface area contributed by atoms with Crippen LogP contribution in [0.1, 0.15) is 1.43 Å². The van der Waals surface area contributed by atoms with Crippen LogP contribution in [0.5, 0.6) is 5.75 Å². The Morgan fingerprint density at radius 1 is 1.67 bits per heavy atom. The molecule has 1 aromatic rings. The first-order valence-electron chi connectivity index (χ1n) is 2.17. The second-order valence-corrected chi connectivity index (χ2v) is 1.79. The number of aromatic amines is 1. The maximum atomic E-state index is 8.78. The van der Waals surface area contributed by atoms with Crippen LogP contribution in [0.4, 0.5) is 0 Å². The van der Waals surface area contributed by atoms with E-state index in [4.69, 9.17) is 5.11 Å². The maximum Gasteiger partial charge on any atom is 1.00 e. The standard InChI is InChI=1S/C5H5NOS.Na.H/c7-4-2-1-3-6-5(4)8;;/h1-3,7H,(H,6,8);;/q;+1;-1. The Hall–Kier alpha value is 0.170. The van der Waals surface area contributed by atoms with Gasteiger partial charge in [0.2, 0.25) is 0 Å². The van der Waals surface area contributed by atoms with E-state index in [0.29, 0.717) is 4.64 Å². The first kappa shape index (κ1) is 9.17. The molecule has 0 radical (unpaired) electrons. The van der Waals surface area contributed by atoms with E-state index < -0.39 is 0 Å². The van der Waals surface area contributed by atoms with Gasteiger partial charge in [-0.3, -0.25) is 0 Å². The summed E-state index contributed by atoms with van der Waals surface area (Å²) >= 11 is 4.65. The van der Waals surface area contributed by atoms with Crippen LogP contribution >= 0.6 is 12.2 Å². The molecule has 44 valence electrons. The molecule has 1 rings (SSSR count). The molecule has 0 saturated heterocycles. The van der Waals surface area contributed by atoms with Gasteiger partial charge in [0.05, 0.1) is 0 Å². The fourth-order valence-corrected chi connectivity index (χ4v) is 0.549. The molecule has 4 heteroatoms. The van der Waals surface area contributed by atoms with E-state index in [2.05, 4.69) is 17.2 Å². The quantitative estimate of drug-likeness (QED) is 0.352. The summed E-state index contributed by atoms with van der Waals surface area (Å²) in [5, 5.41) is 8.78. The van der Waals surface area contributed by atoms with Gasteiger partial charge in [0.1, 0.15) is 10.4 Å². The van der Waals surface area contributed by atoms with Crippen molar-refractivity contribution in [2.75, 3.05) is 0 Å². The number of hydrogen-bond donors (Lipinski definition) is 2. The fourth-order valence-electron chi connectivity index (χ4n) is 0.413. The van der Waals surface area contributed by atoms with Gasteiger partial charge < -0.3 is 11.5 Å². The Morgan fingerprint density at radius 3 is 2.67 bits per heavy atom. The molecule has 1 aromatic heterocycles. The van der Waals surface area contributed by atoms with Gasteiger partial charge in [-0.2, -0.15) is 0 Å². The minimum Gasteiger partial charge on any atom is -1.00 e. The van der Waals surface area contributed by atoms with E-state index >= 15 is 0 Å². The zero-order valence-electron chi connectivity index (χ0n) is 6.09. The van der Waals surface area contributed by atoms with Gasteiger partial charge in [-0.05, 0) is 12.1 Å². The van der Waals surface area contributed by atoms with Crippen molar-refractivity contribution >= 4 is 12.2 Å². The molecule has 0 bridgehead atoms. The normalized spacial score (nSPS) is 8.00. The van der Waals surface area contributed by atoms with Gasteiger partial charge in [-0.25, -0.2) is 0 Å². The second-order valence-electron chi connectivity index (χ2n) is 1.38. The first-order chi connectivity index (χ1) is 3.80. The molecular formula is C5H6NNaOS. The molecule has 0 atom stereocenters. The molecule has 9 heavy (non-hydrogen) atoms. The summed E-state index contributed by atoms with van der Waals surface area (Å²) in [4.78, 5) is 2.66. The van der Waals surface area contributed by atoms with Crippen molar-refractivity contribution in [1.29, 1.82) is 0 Å². The molecule has 1 heterocycles. The Kier molecular flexibility index (Phi) is 4.14. The molecular weight excluding hydrogens is 145 g/mol. The van der Waals surface area contributed by atoms with Crippen molar-refractivity contribution in [1.82, 2.24) is 4.98 Å². The zero-order valence-corrected chi connectivity index (χ0v) is 7.90. The number of pyridine rings is 1. The Bertz CT molecular complexity index is 239. The minimum absolute atomic E-state index is 0. The largest absolute Gasteiger partial charge is 1.00 e. The third kappa shape index (κ3) is 2.49. The summed E-state index contributed by atoms with van der Waals surface area (Å²) in [6.07, 6.45) is 1.67. The summed E-state index contributed by atoms with van der Waals surface area (Å²) in [5.41, 5.74) is 0. The maximum absolute atomic E-state index is 8.78. The number of rotatable bonds is 0. The molecule has 0 amide bonds. The van der Waals surface area contributed by atoms with Crippen molar-refractivity contribution in [3.63, 3.8) is 0 Å². The molecule has 2 nitrogen and oxygen atoms in total. The summed E-state index contributed by atoms with van der Waals surface area (Å²) in [5.74, 6) is 0.127. The van der Waals surface area contributed by atoms with Crippen LogP contribution in [0.15, 0.2) is 18.3 Å². The predicted molar refractivity (Wildman–Crippen MR) is 34.4 cm³/mol. The van der Waals surface area contributed by atoms with E-state index in [1.54, 1.807) is 18.3 Å². The topological polar surface area (TPSA) is 36.0 Å². The molecule has 0 fully saturated rings. The molecule has 0 aliphatic heterocycles. The first-order valence-corrected chi connectivity index (χ1v) is 2.58. The van der Waals surface area contributed by atoms with Gasteiger partial charge in [0.15, 0.2) is 0 Å². The number of hydrogen-bond acceptors (Lipinski definition) is 2. The Morgan fingerprint density at radius 2 is 2.33 bits per heavy atom. The molecule has 2 N–H and O–H groups in total. The molecule has 0 saturated carbocycles. The summed E-state index contributed by atoms with van der Waals surface area (Å²) < 4.78 is 0.382. The monoisotopic (exact) mass is 151 g/mol. The predicted octanol–water partition coefficient (Wildman–Crippen LogP) is -1.43. The molecule has 0 unspecified atom stereocenters. The van der Waals surface area contributed by atoms with Crippen molar-refractivity contribution < 1.29 is 36.1 Å². The average Bonchev–Trinajstić information content (AvgIpc) is 1.77. The van der Waals surface area contributed by atoms with Gasteiger partial charge in [-0.1, -0.05) is 12.2 Å². The molecule has 0 aliphatic carbocycles. The van der Waals surface area contributed by atoms with Crippen LogP contribution in [-0.4, -0.2) is 10.1 Å². The number of aromatic hydroxyl groups is 1. The van der Waals surface area contributed by atoms with Crippen LogP contribution in [0.2, 0.25) is 0 Å². The molecule has 0 spiro atoms. The Labute approximate surface area is 81.7 Å². The molecule has 0 aromatic carbocycles. The summed E-state index contributed by atoms with van der Waals surface area (Å²) in [6.45, 7) is 0. The van der Waals surface area contributed by atoms with Gasteiger partial charge in [0, 0.05) is 6.20 Å². The third-order valence-corrected chi connectivity index (χ3v) is 1.12. The van der Waals surface area contributed by atoms with Crippen molar-refractivity contribution in [2.45, 2.75) is 0 Å². The van der Waals surface area contributed by atoms with Gasteiger partial charge in [0.25, 0.3) is 0 Å². The van der Waals surface area contributed by atoms with E-state index in [1.807, 2.05) is 0 Å². The Balaban J connectivity index is 0. The van der Waals surface area contributed by atoms with Gasteiger partial charge >= 0.3 is 29.6 Å². The van der Waals surface area contributed by atoms with Crippen molar-refractivity contribution in [3.05, 3.63) is 23.0 Å². The number of H-pyrrole nitrogens is 1. The van der Waals surface area contributed by atoms with E-state index in [-0.39, 0.29) is 36.7 Å². The van der Waals surface area contributed by atoms with Crippen LogP contribution < -0.4 is 29.6 Å². The zero-order chi connectivity index (χ0) is 5.98. The summed E-state index contributed by atoms with van der Waals surface area (Å²) in [6, 6.07) is 3.23. The van der Waals surface area contributed by atoms with Crippen molar-refractivity contribution in [2.24, 2.45) is 0 Å². The van der Waals surface area contributed by atoms with Crippen LogP contribution in [-0.2, 0) is 0 Å². The fraction of sp³-hybridized carbons (Fsp3) is 0. The van der Waals surface area contributed by atoms with E-state index in [9.17, 15) is 0 Å². The smallest absolute Gasteiger partial charge is 1.00 e. The van der Waals surface area contributed by atoms with Crippen LogP contribution in [0, 0.1) is 4.64 Å². The summed E-state index contributed by atoms with van der Waals surface area (Å²) in [7, 11) is 0.